The molecule has 0 spiro atoms. The number of carbonyl (C=O) groups excluding carboxylic acids is 1. The second-order valence-electron chi connectivity index (χ2n) is 4.02. The van der Waals surface area contributed by atoms with Crippen molar-refractivity contribution in [3.05, 3.63) is 58.4 Å². The van der Waals surface area contributed by atoms with E-state index in [-0.39, 0.29) is 12.4 Å². The molecule has 0 unspecified atom stereocenters. The van der Waals surface area contributed by atoms with E-state index in [2.05, 4.69) is 0 Å². The highest BCUT2D eigenvalue weighted by atomic mass is 35.5. The van der Waals surface area contributed by atoms with E-state index < -0.39 is 5.82 Å². The molecular formula is C15H12ClFO3. The van der Waals surface area contributed by atoms with E-state index in [1.807, 2.05) is 0 Å². The standard InChI is InChI=1S/C15H12ClFO3/c1-19-14-4-2-3-10(8-18)15(14)20-9-11-7-12(16)5-6-13(11)17/h2-8H,9H2,1H3. The Bertz CT molecular complexity index is 629. The van der Waals surface area contributed by atoms with Gasteiger partial charge in [0.05, 0.1) is 12.7 Å². The molecule has 0 fully saturated rings. The zero-order valence-electron chi connectivity index (χ0n) is 10.7. The van der Waals surface area contributed by atoms with E-state index in [0.29, 0.717) is 28.2 Å². The maximum atomic E-state index is 13.6. The van der Waals surface area contributed by atoms with Crippen LogP contribution in [0.1, 0.15) is 15.9 Å². The van der Waals surface area contributed by atoms with Crippen LogP contribution in [-0.4, -0.2) is 13.4 Å². The molecule has 20 heavy (non-hydrogen) atoms. The Hall–Kier alpha value is -2.07. The molecule has 0 aliphatic heterocycles. The molecule has 0 saturated carbocycles. The lowest BCUT2D eigenvalue weighted by Gasteiger charge is -2.13. The van der Waals surface area contributed by atoms with Crippen molar-refractivity contribution < 1.29 is 18.7 Å². The van der Waals surface area contributed by atoms with Crippen LogP contribution in [0.25, 0.3) is 0 Å². The van der Waals surface area contributed by atoms with Gasteiger partial charge in [-0.05, 0) is 30.3 Å². The summed E-state index contributed by atoms with van der Waals surface area (Å²) in [5, 5.41) is 0.417. The summed E-state index contributed by atoms with van der Waals surface area (Å²) < 4.78 is 24.2. The first-order valence-corrected chi connectivity index (χ1v) is 6.22. The van der Waals surface area contributed by atoms with Crippen molar-refractivity contribution in [2.24, 2.45) is 0 Å². The van der Waals surface area contributed by atoms with Crippen molar-refractivity contribution in [3.8, 4) is 11.5 Å². The molecular weight excluding hydrogens is 283 g/mol. The molecule has 0 radical (unpaired) electrons. The summed E-state index contributed by atoms with van der Waals surface area (Å²) in [6, 6.07) is 9.14. The Morgan fingerprint density at radius 2 is 2.10 bits per heavy atom. The van der Waals surface area contributed by atoms with Crippen molar-refractivity contribution in [1.29, 1.82) is 0 Å². The minimum absolute atomic E-state index is 0.0480. The lowest BCUT2D eigenvalue weighted by Crippen LogP contribution is -2.02. The van der Waals surface area contributed by atoms with Crippen LogP contribution in [0.4, 0.5) is 4.39 Å². The summed E-state index contributed by atoms with van der Waals surface area (Å²) in [5.41, 5.74) is 0.645. The fraction of sp³-hybridized carbons (Fsp3) is 0.133. The number of methoxy groups -OCH3 is 1. The van der Waals surface area contributed by atoms with Gasteiger partial charge in [0.1, 0.15) is 12.4 Å². The smallest absolute Gasteiger partial charge is 0.172 e. The Kier molecular flexibility index (Phi) is 4.58. The van der Waals surface area contributed by atoms with E-state index >= 15 is 0 Å². The van der Waals surface area contributed by atoms with Crippen molar-refractivity contribution in [3.63, 3.8) is 0 Å². The molecule has 0 atom stereocenters. The SMILES string of the molecule is COc1cccc(C=O)c1OCc1cc(Cl)ccc1F. The monoisotopic (exact) mass is 294 g/mol. The van der Waals surface area contributed by atoms with Crippen LogP contribution in [0, 0.1) is 5.82 Å². The Balaban J connectivity index is 2.26. The first-order chi connectivity index (χ1) is 9.65. The van der Waals surface area contributed by atoms with E-state index in [1.165, 1.54) is 25.3 Å². The summed E-state index contributed by atoms with van der Waals surface area (Å²) >= 11 is 5.81. The van der Waals surface area contributed by atoms with Crippen LogP contribution in [0.5, 0.6) is 11.5 Å². The average molecular weight is 295 g/mol. The summed E-state index contributed by atoms with van der Waals surface area (Å²) in [5.74, 6) is 0.276. The van der Waals surface area contributed by atoms with Crippen molar-refractivity contribution >= 4 is 17.9 Å². The van der Waals surface area contributed by atoms with Gasteiger partial charge in [-0.3, -0.25) is 4.79 Å². The van der Waals surface area contributed by atoms with E-state index in [0.717, 1.165) is 0 Å². The van der Waals surface area contributed by atoms with E-state index in [4.69, 9.17) is 21.1 Å². The van der Waals surface area contributed by atoms with Crippen LogP contribution in [-0.2, 0) is 6.61 Å². The molecule has 0 aliphatic carbocycles. The predicted octanol–water partition coefficient (Wildman–Crippen LogP) is 3.88. The van der Waals surface area contributed by atoms with Gasteiger partial charge in [-0.1, -0.05) is 17.7 Å². The largest absolute Gasteiger partial charge is 0.493 e. The Labute approximate surface area is 120 Å². The van der Waals surface area contributed by atoms with Gasteiger partial charge in [0, 0.05) is 10.6 Å². The van der Waals surface area contributed by atoms with Crippen LogP contribution in [0.2, 0.25) is 5.02 Å². The number of rotatable bonds is 5. The lowest BCUT2D eigenvalue weighted by molar-refractivity contribution is 0.111. The van der Waals surface area contributed by atoms with Crippen molar-refractivity contribution in [2.75, 3.05) is 7.11 Å². The molecule has 2 rings (SSSR count). The normalized spacial score (nSPS) is 10.2. The van der Waals surface area contributed by atoms with Gasteiger partial charge >= 0.3 is 0 Å². The molecule has 0 amide bonds. The van der Waals surface area contributed by atoms with E-state index in [1.54, 1.807) is 18.2 Å². The third kappa shape index (κ3) is 3.08. The Morgan fingerprint density at radius 1 is 1.30 bits per heavy atom. The highest BCUT2D eigenvalue weighted by Gasteiger charge is 2.11. The van der Waals surface area contributed by atoms with Gasteiger partial charge in [0.15, 0.2) is 17.8 Å². The average Bonchev–Trinajstić information content (AvgIpc) is 2.47. The first-order valence-electron chi connectivity index (χ1n) is 5.84. The van der Waals surface area contributed by atoms with Gasteiger partial charge in [-0.15, -0.1) is 0 Å². The Morgan fingerprint density at radius 3 is 2.80 bits per heavy atom. The first kappa shape index (κ1) is 14.3. The van der Waals surface area contributed by atoms with Crippen LogP contribution in [0.15, 0.2) is 36.4 Å². The van der Waals surface area contributed by atoms with Crippen molar-refractivity contribution in [1.82, 2.24) is 0 Å². The van der Waals surface area contributed by atoms with Crippen molar-refractivity contribution in [2.45, 2.75) is 6.61 Å². The predicted molar refractivity (Wildman–Crippen MR) is 74.1 cm³/mol. The number of hydrogen-bond donors (Lipinski definition) is 0. The van der Waals surface area contributed by atoms with Crippen LogP contribution in [0.3, 0.4) is 0 Å². The number of ether oxygens (including phenoxy) is 2. The maximum Gasteiger partial charge on any atom is 0.172 e. The number of aldehydes is 1. The molecule has 0 heterocycles. The summed E-state index contributed by atoms with van der Waals surface area (Å²) in [4.78, 5) is 11.0. The summed E-state index contributed by atoms with van der Waals surface area (Å²) in [6.45, 7) is -0.0480. The third-order valence-electron chi connectivity index (χ3n) is 2.74. The molecule has 0 aromatic heterocycles. The number of para-hydroxylation sites is 1. The minimum Gasteiger partial charge on any atom is -0.493 e. The molecule has 104 valence electrons. The second-order valence-corrected chi connectivity index (χ2v) is 4.46. The van der Waals surface area contributed by atoms with Gasteiger partial charge in [0.2, 0.25) is 0 Å². The zero-order valence-corrected chi connectivity index (χ0v) is 11.5. The molecule has 5 heteroatoms. The van der Waals surface area contributed by atoms with Crippen LogP contribution >= 0.6 is 11.6 Å². The number of benzene rings is 2. The highest BCUT2D eigenvalue weighted by Crippen LogP contribution is 2.31. The highest BCUT2D eigenvalue weighted by molar-refractivity contribution is 6.30. The number of hydrogen-bond acceptors (Lipinski definition) is 3. The number of halogens is 2. The van der Waals surface area contributed by atoms with Gasteiger partial charge < -0.3 is 9.47 Å². The quantitative estimate of drug-likeness (QED) is 0.785. The molecule has 0 saturated heterocycles. The zero-order chi connectivity index (χ0) is 14.5. The minimum atomic E-state index is -0.419. The van der Waals surface area contributed by atoms with E-state index in [9.17, 15) is 9.18 Å². The molecule has 2 aromatic rings. The molecule has 0 aliphatic rings. The maximum absolute atomic E-state index is 13.6. The third-order valence-corrected chi connectivity index (χ3v) is 2.97. The second kappa shape index (κ2) is 6.39. The fourth-order valence-corrected chi connectivity index (χ4v) is 1.94. The molecule has 2 aromatic carbocycles. The fourth-order valence-electron chi connectivity index (χ4n) is 1.74. The topological polar surface area (TPSA) is 35.5 Å². The van der Waals surface area contributed by atoms with Gasteiger partial charge in [0.25, 0.3) is 0 Å². The van der Waals surface area contributed by atoms with Crippen LogP contribution < -0.4 is 9.47 Å². The van der Waals surface area contributed by atoms with Gasteiger partial charge in [-0.25, -0.2) is 4.39 Å². The summed E-state index contributed by atoms with van der Waals surface area (Å²) in [6.07, 6.45) is 0.659. The molecule has 0 bridgehead atoms. The summed E-state index contributed by atoms with van der Waals surface area (Å²) in [7, 11) is 1.47. The molecule has 0 N–H and O–H groups in total. The lowest BCUT2D eigenvalue weighted by atomic mass is 10.2. The van der Waals surface area contributed by atoms with Gasteiger partial charge in [-0.2, -0.15) is 0 Å². The number of carbonyl (C=O) groups is 1. The molecule has 3 nitrogen and oxygen atoms in total.